The molecule has 1 amide bonds. The first kappa shape index (κ1) is 26.5. The van der Waals surface area contributed by atoms with E-state index in [9.17, 15) is 22.8 Å². The predicted octanol–water partition coefficient (Wildman–Crippen LogP) is 5.51. The number of nitrogens with zero attached hydrogens (tertiary/aromatic N) is 5. The summed E-state index contributed by atoms with van der Waals surface area (Å²) in [5.41, 5.74) is 2.12. The third kappa shape index (κ3) is 5.23. The monoisotopic (exact) mass is 545 g/mol. The second-order valence-corrected chi connectivity index (χ2v) is 9.10. The van der Waals surface area contributed by atoms with Gasteiger partial charge in [-0.1, -0.05) is 12.1 Å². The Morgan fingerprint density at radius 1 is 0.950 bits per heavy atom. The lowest BCUT2D eigenvalue weighted by molar-refractivity contribution is -0.137. The standard InChI is InChI=1S/C28H22F3N7O2/c1-15-9-10-32-14-22(15)35-26-33-13-21-17(3)38(27(40)37-24(21)36-26)23-12-20(8-7-16(23)2)34-25(39)18-5-4-6-19(11-18)28(29,30)31/h4-14H,1-3H3,(H,34,39)(H,35,36,37,40). The predicted molar refractivity (Wildman–Crippen MR) is 144 cm³/mol. The van der Waals surface area contributed by atoms with Gasteiger partial charge in [0, 0.05) is 29.3 Å². The van der Waals surface area contributed by atoms with E-state index in [1.165, 1.54) is 16.7 Å². The lowest BCUT2D eigenvalue weighted by Crippen LogP contribution is -2.25. The number of carbonyl (C=O) groups is 1. The van der Waals surface area contributed by atoms with Crippen LogP contribution in [-0.2, 0) is 6.18 Å². The van der Waals surface area contributed by atoms with Crippen LogP contribution in [0.4, 0.5) is 30.5 Å². The number of rotatable bonds is 5. The summed E-state index contributed by atoms with van der Waals surface area (Å²) < 4.78 is 40.6. The lowest BCUT2D eigenvalue weighted by Gasteiger charge is -2.16. The van der Waals surface area contributed by atoms with Gasteiger partial charge >= 0.3 is 11.9 Å². The van der Waals surface area contributed by atoms with E-state index >= 15 is 0 Å². The number of pyridine rings is 1. The van der Waals surface area contributed by atoms with Crippen LogP contribution < -0.4 is 16.3 Å². The van der Waals surface area contributed by atoms with Crippen molar-refractivity contribution in [2.24, 2.45) is 0 Å². The number of fused-ring (bicyclic) bond motifs is 1. The highest BCUT2D eigenvalue weighted by atomic mass is 19.4. The molecule has 0 spiro atoms. The highest BCUT2D eigenvalue weighted by Gasteiger charge is 2.31. The van der Waals surface area contributed by atoms with Crippen molar-refractivity contribution in [3.63, 3.8) is 0 Å². The fourth-order valence-electron chi connectivity index (χ4n) is 4.15. The van der Waals surface area contributed by atoms with Crippen molar-refractivity contribution in [2.45, 2.75) is 26.9 Å². The molecule has 12 heteroatoms. The third-order valence-electron chi connectivity index (χ3n) is 6.33. The quantitative estimate of drug-likeness (QED) is 0.299. The van der Waals surface area contributed by atoms with Crippen LogP contribution in [0.2, 0.25) is 0 Å². The third-order valence-corrected chi connectivity index (χ3v) is 6.33. The van der Waals surface area contributed by atoms with Crippen molar-refractivity contribution >= 4 is 34.3 Å². The van der Waals surface area contributed by atoms with E-state index in [1.807, 2.05) is 13.0 Å². The minimum absolute atomic E-state index is 0.152. The molecule has 0 radical (unpaired) electrons. The van der Waals surface area contributed by atoms with Crippen LogP contribution in [0.1, 0.15) is 32.7 Å². The number of aryl methyl sites for hydroxylation is 3. The number of carbonyl (C=O) groups excluding carboxylic acids is 1. The van der Waals surface area contributed by atoms with Gasteiger partial charge in [-0.15, -0.1) is 0 Å². The minimum atomic E-state index is -4.58. The van der Waals surface area contributed by atoms with Gasteiger partial charge in [-0.25, -0.2) is 9.78 Å². The van der Waals surface area contributed by atoms with Gasteiger partial charge < -0.3 is 10.6 Å². The van der Waals surface area contributed by atoms with Crippen LogP contribution >= 0.6 is 0 Å². The molecule has 0 saturated carbocycles. The second kappa shape index (κ2) is 10.2. The molecule has 0 aliphatic carbocycles. The Balaban J connectivity index is 1.48. The summed E-state index contributed by atoms with van der Waals surface area (Å²) in [4.78, 5) is 42.9. The molecule has 3 heterocycles. The molecule has 5 aromatic rings. The van der Waals surface area contributed by atoms with Crippen molar-refractivity contribution in [1.29, 1.82) is 0 Å². The van der Waals surface area contributed by atoms with Crippen LogP contribution in [-0.4, -0.2) is 30.4 Å². The maximum atomic E-state index is 13.2. The Labute approximate surface area is 225 Å². The fraction of sp³-hybridized carbons (Fsp3) is 0.143. The molecular formula is C28H22F3N7O2. The zero-order chi connectivity index (χ0) is 28.6. The molecule has 0 fully saturated rings. The van der Waals surface area contributed by atoms with Gasteiger partial charge in [0.2, 0.25) is 5.95 Å². The van der Waals surface area contributed by atoms with Gasteiger partial charge in [0.1, 0.15) is 0 Å². The summed E-state index contributed by atoms with van der Waals surface area (Å²) in [6, 6.07) is 10.8. The molecule has 202 valence electrons. The molecule has 3 aromatic heterocycles. The number of amides is 1. The molecule has 5 rings (SSSR count). The Morgan fingerprint density at radius 3 is 2.50 bits per heavy atom. The average Bonchev–Trinajstić information content (AvgIpc) is 2.91. The molecule has 40 heavy (non-hydrogen) atoms. The summed E-state index contributed by atoms with van der Waals surface area (Å²) in [5.74, 6) is -0.470. The number of benzene rings is 2. The number of anilines is 3. The Hall–Kier alpha value is -5.13. The number of aromatic nitrogens is 5. The SMILES string of the molecule is Cc1ccncc1Nc1ncc2c(C)n(-c3cc(NC(=O)c4cccc(C(F)(F)F)c4)ccc3C)c(=O)nc2n1. The van der Waals surface area contributed by atoms with E-state index < -0.39 is 23.3 Å². The van der Waals surface area contributed by atoms with Crippen molar-refractivity contribution in [3.8, 4) is 5.69 Å². The molecule has 0 aliphatic heterocycles. The van der Waals surface area contributed by atoms with E-state index in [0.717, 1.165) is 17.7 Å². The van der Waals surface area contributed by atoms with Gasteiger partial charge in [-0.05, 0) is 68.3 Å². The van der Waals surface area contributed by atoms with Crippen LogP contribution in [0.15, 0.2) is 71.9 Å². The number of hydrogen-bond donors (Lipinski definition) is 2. The smallest absolute Gasteiger partial charge is 0.323 e. The molecule has 0 atom stereocenters. The van der Waals surface area contributed by atoms with E-state index in [2.05, 4.69) is 30.6 Å². The Morgan fingerprint density at radius 2 is 1.75 bits per heavy atom. The van der Waals surface area contributed by atoms with Crippen LogP contribution in [0.25, 0.3) is 16.7 Å². The molecular weight excluding hydrogens is 523 g/mol. The fourth-order valence-corrected chi connectivity index (χ4v) is 4.15. The first-order valence-electron chi connectivity index (χ1n) is 12.0. The van der Waals surface area contributed by atoms with E-state index in [1.54, 1.807) is 50.6 Å². The van der Waals surface area contributed by atoms with E-state index in [4.69, 9.17) is 0 Å². The van der Waals surface area contributed by atoms with Gasteiger partial charge in [0.25, 0.3) is 5.91 Å². The van der Waals surface area contributed by atoms with Crippen molar-refractivity contribution in [2.75, 3.05) is 10.6 Å². The molecule has 2 aromatic carbocycles. The van der Waals surface area contributed by atoms with Crippen molar-refractivity contribution in [3.05, 3.63) is 106 Å². The largest absolute Gasteiger partial charge is 0.416 e. The average molecular weight is 546 g/mol. The van der Waals surface area contributed by atoms with Crippen molar-refractivity contribution < 1.29 is 18.0 Å². The van der Waals surface area contributed by atoms with Crippen molar-refractivity contribution in [1.82, 2.24) is 24.5 Å². The summed E-state index contributed by atoms with van der Waals surface area (Å²) >= 11 is 0. The van der Waals surface area contributed by atoms with E-state index in [-0.39, 0.29) is 22.8 Å². The first-order valence-corrected chi connectivity index (χ1v) is 12.0. The molecule has 0 unspecified atom stereocenters. The number of halogens is 3. The highest BCUT2D eigenvalue weighted by molar-refractivity contribution is 6.04. The summed E-state index contributed by atoms with van der Waals surface area (Å²) in [6.45, 7) is 5.41. The van der Waals surface area contributed by atoms with Crippen LogP contribution in [0, 0.1) is 20.8 Å². The Bertz CT molecular complexity index is 1830. The molecule has 9 nitrogen and oxygen atoms in total. The first-order chi connectivity index (χ1) is 19.0. The normalized spacial score (nSPS) is 11.4. The van der Waals surface area contributed by atoms with Gasteiger partial charge in [0.05, 0.1) is 28.5 Å². The van der Waals surface area contributed by atoms with Gasteiger partial charge in [-0.2, -0.15) is 23.1 Å². The summed E-state index contributed by atoms with van der Waals surface area (Å²) in [6.07, 6.45) is 0.292. The number of alkyl halides is 3. The number of nitrogens with one attached hydrogen (secondary N) is 2. The Kier molecular flexibility index (Phi) is 6.76. The minimum Gasteiger partial charge on any atom is -0.323 e. The molecule has 0 bridgehead atoms. The van der Waals surface area contributed by atoms with Gasteiger partial charge in [-0.3, -0.25) is 14.3 Å². The summed E-state index contributed by atoms with van der Waals surface area (Å²) in [5, 5.41) is 6.21. The zero-order valence-electron chi connectivity index (χ0n) is 21.5. The number of hydrogen-bond acceptors (Lipinski definition) is 7. The topological polar surface area (TPSA) is 115 Å². The second-order valence-electron chi connectivity index (χ2n) is 9.10. The van der Waals surface area contributed by atoms with Crippen LogP contribution in [0.5, 0.6) is 0 Å². The van der Waals surface area contributed by atoms with E-state index in [0.29, 0.717) is 28.0 Å². The van der Waals surface area contributed by atoms with Crippen LogP contribution in [0.3, 0.4) is 0 Å². The molecule has 0 saturated heterocycles. The maximum absolute atomic E-state index is 13.2. The lowest BCUT2D eigenvalue weighted by atomic mass is 10.1. The molecule has 2 N–H and O–H groups in total. The summed E-state index contributed by atoms with van der Waals surface area (Å²) in [7, 11) is 0. The van der Waals surface area contributed by atoms with Gasteiger partial charge in [0.15, 0.2) is 5.65 Å². The maximum Gasteiger partial charge on any atom is 0.416 e. The highest BCUT2D eigenvalue weighted by Crippen LogP contribution is 2.30. The zero-order valence-corrected chi connectivity index (χ0v) is 21.5. The molecule has 0 aliphatic rings.